The van der Waals surface area contributed by atoms with Crippen LogP contribution >= 0.6 is 0 Å². The third kappa shape index (κ3) is 28.8. The summed E-state index contributed by atoms with van der Waals surface area (Å²) in [6.45, 7) is 4.20. The molecule has 18 heteroatoms. The van der Waals surface area contributed by atoms with E-state index >= 15 is 0 Å². The van der Waals surface area contributed by atoms with Crippen molar-refractivity contribution < 1.29 is 49.2 Å². The van der Waals surface area contributed by atoms with Gasteiger partial charge in [0.1, 0.15) is 0 Å². The van der Waals surface area contributed by atoms with E-state index < -0.39 is 17.7 Å². The van der Waals surface area contributed by atoms with Crippen molar-refractivity contribution in [2.24, 2.45) is 5.73 Å². The van der Waals surface area contributed by atoms with Gasteiger partial charge in [0, 0.05) is 91.3 Å². The van der Waals surface area contributed by atoms with Gasteiger partial charge in [0.25, 0.3) is 0 Å². The van der Waals surface area contributed by atoms with Gasteiger partial charge in [0.05, 0.1) is 0 Å². The van der Waals surface area contributed by atoms with Crippen LogP contribution in [0.5, 0.6) is 0 Å². The molecule has 0 aromatic carbocycles. The van der Waals surface area contributed by atoms with Gasteiger partial charge in [-0.1, -0.05) is 6.42 Å². The molecule has 0 saturated heterocycles. The number of carbonyl (C=O) groups excluding carboxylic acids is 7. The van der Waals surface area contributed by atoms with Gasteiger partial charge in [-0.15, -0.1) is 0 Å². The first-order chi connectivity index (χ1) is 24.9. The lowest BCUT2D eigenvalue weighted by Gasteiger charge is -2.15. The number of rotatable bonds is 32. The molecule has 0 atom stereocenters. The van der Waals surface area contributed by atoms with E-state index in [0.717, 1.165) is 32.1 Å². The Morgan fingerprint density at radius 3 is 1.02 bits per heavy atom. The maximum absolute atomic E-state index is 12.1. The second-order valence-electron chi connectivity index (χ2n) is 12.6. The number of nitrogens with one attached hydrogen (secondary N) is 4. The highest BCUT2D eigenvalue weighted by atomic mass is 16.5. The molecule has 300 valence electrons. The molecule has 0 aromatic rings. The van der Waals surface area contributed by atoms with Gasteiger partial charge in [-0.05, 0) is 77.2 Å². The fourth-order valence-electron chi connectivity index (χ4n) is 4.77. The van der Waals surface area contributed by atoms with Crippen molar-refractivity contribution in [2.75, 3.05) is 52.4 Å². The van der Waals surface area contributed by atoms with Crippen LogP contribution in [0.1, 0.15) is 122 Å². The molecule has 0 radical (unpaired) electrons. The minimum absolute atomic E-state index is 0.0264. The maximum atomic E-state index is 12.1. The Balaban J connectivity index is 3.80. The molecule has 0 aliphatic rings. The number of hydrogen-bond acceptors (Lipinski definition) is 11. The van der Waals surface area contributed by atoms with E-state index in [4.69, 9.17) is 5.73 Å². The molecule has 9 N–H and O–H groups in total. The summed E-state index contributed by atoms with van der Waals surface area (Å²) >= 11 is 0. The number of nitrogens with zero attached hydrogens (tertiary/aromatic N) is 3. The third-order valence-corrected chi connectivity index (χ3v) is 7.92. The Morgan fingerprint density at radius 1 is 0.423 bits per heavy atom. The lowest BCUT2D eigenvalue weighted by Crippen LogP contribution is -2.31. The van der Waals surface area contributed by atoms with Crippen molar-refractivity contribution in [1.82, 2.24) is 36.5 Å². The molecule has 0 aliphatic carbocycles. The van der Waals surface area contributed by atoms with Gasteiger partial charge in [-0.3, -0.25) is 49.2 Å². The van der Waals surface area contributed by atoms with E-state index in [1.807, 2.05) is 0 Å². The predicted octanol–water partition coefficient (Wildman–Crippen LogP) is 1.11. The van der Waals surface area contributed by atoms with Crippen LogP contribution in [0.3, 0.4) is 0 Å². The Hall–Kier alpha value is -3.87. The standard InChI is InChI=1S/C34H64N8O10/c1-28(43)36-21-7-3-8-22-37-29(44)14-18-33(48)41(51)26-12-5-10-24-39-31(46)16-19-34(49)42(52)27-13-4-9-23-38-30(45)15-17-32(47)40(50)25-11-2-6-20-35/h50-52H,2-27,35H2,1H3,(H,36,43)(H,37,44)(H,38,45)(H,39,46). The van der Waals surface area contributed by atoms with Gasteiger partial charge >= 0.3 is 0 Å². The number of amides is 7. The molecule has 0 heterocycles. The normalized spacial score (nSPS) is 10.6. The topological polar surface area (TPSA) is 264 Å². The summed E-state index contributed by atoms with van der Waals surface area (Å²) in [5.41, 5.74) is 5.41. The average Bonchev–Trinajstić information content (AvgIpc) is 3.12. The Morgan fingerprint density at radius 2 is 0.712 bits per heavy atom. The molecule has 0 bridgehead atoms. The van der Waals surface area contributed by atoms with Crippen LogP contribution in [0.25, 0.3) is 0 Å². The van der Waals surface area contributed by atoms with Crippen molar-refractivity contribution in [1.29, 1.82) is 0 Å². The van der Waals surface area contributed by atoms with Crippen LogP contribution in [-0.2, 0) is 33.6 Å². The van der Waals surface area contributed by atoms with E-state index in [0.29, 0.717) is 92.9 Å². The van der Waals surface area contributed by atoms with E-state index in [1.165, 1.54) is 6.92 Å². The smallest absolute Gasteiger partial charge is 0.246 e. The average molecular weight is 745 g/mol. The van der Waals surface area contributed by atoms with Crippen molar-refractivity contribution in [3.63, 3.8) is 0 Å². The predicted molar refractivity (Wildman–Crippen MR) is 190 cm³/mol. The van der Waals surface area contributed by atoms with Crippen LogP contribution < -0.4 is 27.0 Å². The highest BCUT2D eigenvalue weighted by Gasteiger charge is 2.15. The summed E-state index contributed by atoms with van der Waals surface area (Å²) in [5, 5.41) is 42.3. The van der Waals surface area contributed by atoms with Crippen molar-refractivity contribution in [3.8, 4) is 0 Å². The number of hydroxylamine groups is 6. The maximum Gasteiger partial charge on any atom is 0.246 e. The summed E-state index contributed by atoms with van der Waals surface area (Å²) in [7, 11) is 0. The number of hydrogen-bond donors (Lipinski definition) is 8. The molecule has 0 rings (SSSR count). The monoisotopic (exact) mass is 744 g/mol. The van der Waals surface area contributed by atoms with E-state index in [1.54, 1.807) is 0 Å². The fraction of sp³-hybridized carbons (Fsp3) is 0.794. The van der Waals surface area contributed by atoms with Gasteiger partial charge in [0.2, 0.25) is 41.4 Å². The minimum Gasteiger partial charge on any atom is -0.356 e. The lowest BCUT2D eigenvalue weighted by molar-refractivity contribution is -0.166. The highest BCUT2D eigenvalue weighted by Crippen LogP contribution is 2.04. The van der Waals surface area contributed by atoms with Crippen molar-refractivity contribution in [2.45, 2.75) is 122 Å². The molecule has 0 aliphatic heterocycles. The first kappa shape index (κ1) is 48.1. The van der Waals surface area contributed by atoms with Crippen LogP contribution in [0.15, 0.2) is 0 Å². The molecule has 0 spiro atoms. The van der Waals surface area contributed by atoms with E-state index in [-0.39, 0.29) is 81.8 Å². The molecule has 0 aromatic heterocycles. The summed E-state index contributed by atoms with van der Waals surface area (Å²) in [6, 6.07) is 0. The number of nitrogens with two attached hydrogens (primary N) is 1. The zero-order valence-electron chi connectivity index (χ0n) is 31.0. The van der Waals surface area contributed by atoms with Gasteiger partial charge in [0.15, 0.2) is 0 Å². The molecular formula is C34H64N8O10. The minimum atomic E-state index is -0.578. The van der Waals surface area contributed by atoms with Crippen molar-refractivity contribution >= 4 is 41.4 Å². The Labute approximate surface area is 307 Å². The summed E-state index contributed by atoms with van der Waals surface area (Å²) in [4.78, 5) is 82.8. The lowest BCUT2D eigenvalue weighted by atomic mass is 10.2. The second kappa shape index (κ2) is 31.8. The van der Waals surface area contributed by atoms with E-state index in [2.05, 4.69) is 21.3 Å². The van der Waals surface area contributed by atoms with Crippen molar-refractivity contribution in [3.05, 3.63) is 0 Å². The quantitative estimate of drug-likeness (QED) is 0.0275. The SMILES string of the molecule is CC(=O)NCCCCCNC(=O)CCC(=O)N(O)CCCCCNC(=O)CCC(=O)N(O)CCCCCNC(=O)CCC(=O)N(O)CCCCCN. The summed E-state index contributed by atoms with van der Waals surface area (Å²) in [6.07, 6.45) is 7.61. The third-order valence-electron chi connectivity index (χ3n) is 7.92. The van der Waals surface area contributed by atoms with Crippen LogP contribution in [0.4, 0.5) is 0 Å². The highest BCUT2D eigenvalue weighted by molar-refractivity contribution is 5.84. The fourth-order valence-corrected chi connectivity index (χ4v) is 4.77. The molecule has 0 unspecified atom stereocenters. The molecule has 0 fully saturated rings. The second-order valence-corrected chi connectivity index (χ2v) is 12.6. The Bertz CT molecular complexity index is 1070. The zero-order chi connectivity index (χ0) is 39.0. The molecule has 18 nitrogen and oxygen atoms in total. The zero-order valence-corrected chi connectivity index (χ0v) is 31.0. The molecule has 52 heavy (non-hydrogen) atoms. The van der Waals surface area contributed by atoms with Crippen LogP contribution in [0.2, 0.25) is 0 Å². The van der Waals surface area contributed by atoms with Gasteiger partial charge < -0.3 is 27.0 Å². The van der Waals surface area contributed by atoms with Crippen LogP contribution in [0, 0.1) is 0 Å². The van der Waals surface area contributed by atoms with Gasteiger partial charge in [-0.2, -0.15) is 0 Å². The molecular weight excluding hydrogens is 680 g/mol. The first-order valence-electron chi connectivity index (χ1n) is 18.6. The number of carbonyl (C=O) groups is 7. The molecule has 0 saturated carbocycles. The Kier molecular flexibility index (Phi) is 29.5. The summed E-state index contributed by atoms with van der Waals surface area (Å²) in [5.74, 6) is -2.62. The molecule has 7 amide bonds. The number of unbranched alkanes of at least 4 members (excludes halogenated alkanes) is 8. The van der Waals surface area contributed by atoms with E-state index in [9.17, 15) is 49.2 Å². The van der Waals surface area contributed by atoms with Gasteiger partial charge in [-0.25, -0.2) is 15.2 Å². The van der Waals surface area contributed by atoms with Crippen LogP contribution in [-0.4, -0.2) is 125 Å². The summed E-state index contributed by atoms with van der Waals surface area (Å²) < 4.78 is 0. The largest absolute Gasteiger partial charge is 0.356 e. The first-order valence-corrected chi connectivity index (χ1v) is 18.6.